The molecule has 0 aliphatic carbocycles. The van der Waals surface area contributed by atoms with E-state index in [-0.39, 0.29) is 11.4 Å². The van der Waals surface area contributed by atoms with Crippen molar-refractivity contribution in [3.05, 3.63) is 23.9 Å². The SMILES string of the molecule is CCNc1nn(-c2cccnn2)c(N)c1C(=O)OC. The molecule has 0 atom stereocenters. The summed E-state index contributed by atoms with van der Waals surface area (Å²) in [5, 5.41) is 14.8. The smallest absolute Gasteiger partial charge is 0.345 e. The van der Waals surface area contributed by atoms with Crippen LogP contribution in [0.5, 0.6) is 0 Å². The maximum atomic E-state index is 11.7. The minimum absolute atomic E-state index is 0.156. The van der Waals surface area contributed by atoms with E-state index in [0.717, 1.165) is 0 Å². The van der Waals surface area contributed by atoms with Gasteiger partial charge in [-0.3, -0.25) is 0 Å². The topological polar surface area (TPSA) is 108 Å². The Bertz CT molecular complexity index is 580. The molecule has 100 valence electrons. The summed E-state index contributed by atoms with van der Waals surface area (Å²) in [6.07, 6.45) is 1.54. The molecular weight excluding hydrogens is 248 g/mol. The Kier molecular flexibility index (Phi) is 3.60. The van der Waals surface area contributed by atoms with Gasteiger partial charge in [-0.1, -0.05) is 0 Å². The molecule has 8 nitrogen and oxygen atoms in total. The molecule has 2 aromatic heterocycles. The van der Waals surface area contributed by atoms with Gasteiger partial charge in [0.25, 0.3) is 0 Å². The third kappa shape index (κ3) is 2.32. The van der Waals surface area contributed by atoms with E-state index >= 15 is 0 Å². The van der Waals surface area contributed by atoms with Crippen molar-refractivity contribution in [2.75, 3.05) is 24.7 Å². The molecule has 0 spiro atoms. The highest BCUT2D eigenvalue weighted by atomic mass is 16.5. The number of nitrogens with zero attached hydrogens (tertiary/aromatic N) is 4. The summed E-state index contributed by atoms with van der Waals surface area (Å²) in [5.41, 5.74) is 6.12. The summed E-state index contributed by atoms with van der Waals surface area (Å²) in [7, 11) is 1.29. The standard InChI is InChI=1S/C11H14N6O2/c1-3-13-10-8(11(18)19-2)9(12)17(16-10)7-5-4-6-14-15-7/h4-6H,3,12H2,1-2H3,(H,13,16). The number of hydrogen-bond donors (Lipinski definition) is 2. The minimum atomic E-state index is -0.552. The van der Waals surface area contributed by atoms with Gasteiger partial charge < -0.3 is 15.8 Å². The fraction of sp³-hybridized carbons (Fsp3) is 0.273. The molecule has 3 N–H and O–H groups in total. The highest BCUT2D eigenvalue weighted by Crippen LogP contribution is 2.24. The van der Waals surface area contributed by atoms with E-state index in [1.165, 1.54) is 18.0 Å². The molecule has 0 unspecified atom stereocenters. The van der Waals surface area contributed by atoms with Gasteiger partial charge in [-0.2, -0.15) is 9.78 Å². The van der Waals surface area contributed by atoms with Crippen molar-refractivity contribution >= 4 is 17.6 Å². The minimum Gasteiger partial charge on any atom is -0.465 e. The molecule has 2 heterocycles. The lowest BCUT2D eigenvalue weighted by atomic mass is 10.3. The van der Waals surface area contributed by atoms with Crippen LogP contribution in [-0.4, -0.2) is 39.6 Å². The Balaban J connectivity index is 2.55. The normalized spacial score (nSPS) is 10.2. The molecule has 0 saturated carbocycles. The average molecular weight is 262 g/mol. The predicted octanol–water partition coefficient (Wildman–Crippen LogP) is 0.463. The van der Waals surface area contributed by atoms with Crippen LogP contribution in [0.2, 0.25) is 0 Å². The number of nitrogen functional groups attached to an aromatic ring is 1. The second-order valence-electron chi connectivity index (χ2n) is 3.62. The Morgan fingerprint density at radius 1 is 1.58 bits per heavy atom. The van der Waals surface area contributed by atoms with Crippen LogP contribution in [0.3, 0.4) is 0 Å². The first kappa shape index (κ1) is 12.8. The van der Waals surface area contributed by atoms with Crippen LogP contribution in [0.4, 0.5) is 11.6 Å². The van der Waals surface area contributed by atoms with Crippen molar-refractivity contribution in [2.45, 2.75) is 6.92 Å². The maximum Gasteiger partial charge on any atom is 0.345 e. The van der Waals surface area contributed by atoms with Crippen LogP contribution in [-0.2, 0) is 4.74 Å². The number of rotatable bonds is 4. The molecule has 19 heavy (non-hydrogen) atoms. The van der Waals surface area contributed by atoms with Crippen molar-refractivity contribution in [3.8, 4) is 5.82 Å². The van der Waals surface area contributed by atoms with Gasteiger partial charge in [0.15, 0.2) is 11.6 Å². The van der Waals surface area contributed by atoms with Crippen molar-refractivity contribution in [1.29, 1.82) is 0 Å². The lowest BCUT2D eigenvalue weighted by Crippen LogP contribution is -2.09. The van der Waals surface area contributed by atoms with Crippen LogP contribution in [0, 0.1) is 0 Å². The quantitative estimate of drug-likeness (QED) is 0.770. The second-order valence-corrected chi connectivity index (χ2v) is 3.62. The first-order chi connectivity index (χ1) is 9.19. The van der Waals surface area contributed by atoms with Crippen LogP contribution < -0.4 is 11.1 Å². The summed E-state index contributed by atoms with van der Waals surface area (Å²) < 4.78 is 6.05. The van der Waals surface area contributed by atoms with Crippen molar-refractivity contribution in [1.82, 2.24) is 20.0 Å². The van der Waals surface area contributed by atoms with Crippen molar-refractivity contribution in [2.24, 2.45) is 0 Å². The Hall–Kier alpha value is -2.64. The number of hydrogen-bond acceptors (Lipinski definition) is 7. The van der Waals surface area contributed by atoms with Crippen LogP contribution in [0.25, 0.3) is 5.82 Å². The van der Waals surface area contributed by atoms with E-state index in [1.807, 2.05) is 6.92 Å². The first-order valence-corrected chi connectivity index (χ1v) is 5.67. The summed E-state index contributed by atoms with van der Waals surface area (Å²) in [5.74, 6) is 0.388. The number of nitrogens with one attached hydrogen (secondary N) is 1. The molecular formula is C11H14N6O2. The van der Waals surface area contributed by atoms with E-state index in [1.54, 1.807) is 12.1 Å². The molecule has 0 amide bonds. The fourth-order valence-corrected chi connectivity index (χ4v) is 1.61. The van der Waals surface area contributed by atoms with Crippen LogP contribution in [0.15, 0.2) is 18.3 Å². The second kappa shape index (κ2) is 5.34. The Labute approximate surface area is 109 Å². The fourth-order valence-electron chi connectivity index (χ4n) is 1.61. The first-order valence-electron chi connectivity index (χ1n) is 5.67. The Morgan fingerprint density at radius 2 is 2.37 bits per heavy atom. The number of carbonyl (C=O) groups excluding carboxylic acids is 1. The molecule has 0 aromatic carbocycles. The average Bonchev–Trinajstić information content (AvgIpc) is 2.76. The molecule has 0 radical (unpaired) electrons. The predicted molar refractivity (Wildman–Crippen MR) is 69.1 cm³/mol. The highest BCUT2D eigenvalue weighted by Gasteiger charge is 2.23. The number of methoxy groups -OCH3 is 1. The molecule has 2 rings (SSSR count). The van der Waals surface area contributed by atoms with Gasteiger partial charge in [-0.05, 0) is 19.1 Å². The van der Waals surface area contributed by atoms with E-state index in [0.29, 0.717) is 18.2 Å². The summed E-state index contributed by atoms with van der Waals surface area (Å²) in [6.45, 7) is 2.49. The molecule has 0 aliphatic rings. The summed E-state index contributed by atoms with van der Waals surface area (Å²) in [4.78, 5) is 11.7. The van der Waals surface area contributed by atoms with E-state index in [2.05, 4.69) is 20.6 Å². The number of aromatic nitrogens is 4. The van der Waals surface area contributed by atoms with Gasteiger partial charge in [-0.15, -0.1) is 10.2 Å². The molecule has 0 fully saturated rings. The van der Waals surface area contributed by atoms with Crippen molar-refractivity contribution < 1.29 is 9.53 Å². The van der Waals surface area contributed by atoms with Gasteiger partial charge in [0.2, 0.25) is 0 Å². The molecule has 0 aliphatic heterocycles. The van der Waals surface area contributed by atoms with Gasteiger partial charge in [0.05, 0.1) is 7.11 Å². The van der Waals surface area contributed by atoms with Gasteiger partial charge in [0, 0.05) is 12.7 Å². The molecule has 8 heteroatoms. The van der Waals surface area contributed by atoms with E-state index < -0.39 is 5.97 Å². The lowest BCUT2D eigenvalue weighted by Gasteiger charge is -2.02. The lowest BCUT2D eigenvalue weighted by molar-refractivity contribution is 0.0603. The zero-order valence-electron chi connectivity index (χ0n) is 10.6. The molecule has 0 saturated heterocycles. The zero-order valence-corrected chi connectivity index (χ0v) is 10.6. The summed E-state index contributed by atoms with van der Waals surface area (Å²) in [6, 6.07) is 3.39. The maximum absolute atomic E-state index is 11.7. The van der Waals surface area contributed by atoms with Crippen LogP contribution >= 0.6 is 0 Å². The number of ether oxygens (including phenoxy) is 1. The highest BCUT2D eigenvalue weighted by molar-refractivity contribution is 5.99. The third-order valence-corrected chi connectivity index (χ3v) is 2.43. The number of carbonyl (C=O) groups is 1. The molecule has 0 bridgehead atoms. The van der Waals surface area contributed by atoms with Gasteiger partial charge >= 0.3 is 5.97 Å². The largest absolute Gasteiger partial charge is 0.465 e. The number of nitrogens with two attached hydrogens (primary N) is 1. The van der Waals surface area contributed by atoms with Gasteiger partial charge in [0.1, 0.15) is 11.4 Å². The van der Waals surface area contributed by atoms with Gasteiger partial charge in [-0.25, -0.2) is 4.79 Å². The van der Waals surface area contributed by atoms with E-state index in [4.69, 9.17) is 10.5 Å². The monoisotopic (exact) mass is 262 g/mol. The Morgan fingerprint density at radius 3 is 2.95 bits per heavy atom. The van der Waals surface area contributed by atoms with Crippen LogP contribution in [0.1, 0.15) is 17.3 Å². The summed E-state index contributed by atoms with van der Waals surface area (Å²) >= 11 is 0. The van der Waals surface area contributed by atoms with E-state index in [9.17, 15) is 4.79 Å². The number of anilines is 2. The zero-order chi connectivity index (χ0) is 13.8. The van der Waals surface area contributed by atoms with Crippen molar-refractivity contribution in [3.63, 3.8) is 0 Å². The third-order valence-electron chi connectivity index (χ3n) is 2.43. The number of esters is 1. The molecule has 2 aromatic rings.